The van der Waals surface area contributed by atoms with Crippen LogP contribution < -0.4 is 5.32 Å². The van der Waals surface area contributed by atoms with Crippen molar-refractivity contribution in [3.05, 3.63) is 64.4 Å². The van der Waals surface area contributed by atoms with Crippen LogP contribution in [0, 0.1) is 5.82 Å². The maximum absolute atomic E-state index is 13.2. The molecule has 3 rings (SSSR count). The highest BCUT2D eigenvalue weighted by Crippen LogP contribution is 2.20. The molecule has 4 nitrogen and oxygen atoms in total. The number of nitrogens with one attached hydrogen (secondary N) is 1. The Morgan fingerprint density at radius 3 is 2.46 bits per heavy atom. The van der Waals surface area contributed by atoms with Gasteiger partial charge in [0.05, 0.1) is 17.2 Å². The number of nitrogens with zero attached hydrogens (tertiary/aromatic N) is 1. The Bertz CT molecular complexity index is 772. The summed E-state index contributed by atoms with van der Waals surface area (Å²) in [6.07, 6.45) is 0.456. The first-order valence-electron chi connectivity index (χ1n) is 8.64. The molecule has 2 aromatic carbocycles. The van der Waals surface area contributed by atoms with E-state index in [1.54, 1.807) is 12.1 Å². The van der Waals surface area contributed by atoms with Crippen molar-refractivity contribution in [2.45, 2.75) is 32.6 Å². The van der Waals surface area contributed by atoms with Gasteiger partial charge in [0.15, 0.2) is 0 Å². The van der Waals surface area contributed by atoms with Crippen molar-refractivity contribution in [2.24, 2.45) is 0 Å². The first-order valence-corrected chi connectivity index (χ1v) is 9.01. The van der Waals surface area contributed by atoms with Crippen LogP contribution in [0.25, 0.3) is 0 Å². The Morgan fingerprint density at radius 1 is 1.19 bits per heavy atom. The average Bonchev–Trinajstić information content (AvgIpc) is 2.58. The average molecular weight is 377 g/mol. The molecule has 1 saturated heterocycles. The Kier molecular flexibility index (Phi) is 5.91. The van der Waals surface area contributed by atoms with Gasteiger partial charge < -0.3 is 10.1 Å². The molecule has 138 valence electrons. The van der Waals surface area contributed by atoms with Gasteiger partial charge >= 0.3 is 0 Å². The van der Waals surface area contributed by atoms with Gasteiger partial charge in [0.2, 0.25) is 0 Å². The second-order valence-electron chi connectivity index (χ2n) is 6.73. The van der Waals surface area contributed by atoms with Crippen molar-refractivity contribution in [1.29, 1.82) is 0 Å². The highest BCUT2D eigenvalue weighted by Gasteiger charge is 2.22. The molecule has 1 heterocycles. The molecular formula is C20H22ClFN2O2. The van der Waals surface area contributed by atoms with Crippen molar-refractivity contribution in [3.8, 4) is 0 Å². The molecule has 0 radical (unpaired) electrons. The summed E-state index contributed by atoms with van der Waals surface area (Å²) < 4.78 is 18.9. The van der Waals surface area contributed by atoms with Crippen LogP contribution >= 0.6 is 11.6 Å². The largest absolute Gasteiger partial charge is 0.373 e. The SMILES string of the molecule is CC1CN(Cc2ccc(C(=O)Nc3ccc(F)c(Cl)c3)cc2)CC(C)O1. The molecule has 1 amide bonds. The van der Waals surface area contributed by atoms with Gasteiger partial charge in [-0.25, -0.2) is 4.39 Å². The number of carbonyl (C=O) groups is 1. The zero-order valence-corrected chi connectivity index (χ0v) is 15.6. The van der Waals surface area contributed by atoms with E-state index >= 15 is 0 Å². The van der Waals surface area contributed by atoms with E-state index < -0.39 is 5.82 Å². The summed E-state index contributed by atoms with van der Waals surface area (Å²) in [5, 5.41) is 2.70. The maximum Gasteiger partial charge on any atom is 0.255 e. The lowest BCUT2D eigenvalue weighted by Gasteiger charge is -2.35. The number of rotatable bonds is 4. The fourth-order valence-electron chi connectivity index (χ4n) is 3.21. The van der Waals surface area contributed by atoms with Crippen LogP contribution in [0.2, 0.25) is 5.02 Å². The number of amides is 1. The predicted molar refractivity (Wildman–Crippen MR) is 101 cm³/mol. The molecule has 1 fully saturated rings. The Morgan fingerprint density at radius 2 is 1.85 bits per heavy atom. The summed E-state index contributed by atoms with van der Waals surface area (Å²) in [5.74, 6) is -0.770. The van der Waals surface area contributed by atoms with Crippen molar-refractivity contribution in [3.63, 3.8) is 0 Å². The zero-order chi connectivity index (χ0) is 18.7. The van der Waals surface area contributed by atoms with E-state index in [-0.39, 0.29) is 23.1 Å². The van der Waals surface area contributed by atoms with Crippen LogP contribution in [0.4, 0.5) is 10.1 Å². The maximum atomic E-state index is 13.2. The standard InChI is InChI=1S/C20H22ClFN2O2/c1-13-10-24(11-14(2)26-13)12-15-3-5-16(6-4-15)20(25)23-17-7-8-19(22)18(21)9-17/h3-9,13-14H,10-12H2,1-2H3,(H,23,25). The number of ether oxygens (including phenoxy) is 1. The van der Waals surface area contributed by atoms with Crippen LogP contribution in [0.15, 0.2) is 42.5 Å². The van der Waals surface area contributed by atoms with Crippen LogP contribution in [0.3, 0.4) is 0 Å². The van der Waals surface area contributed by atoms with Gasteiger partial charge in [0, 0.05) is 30.9 Å². The van der Waals surface area contributed by atoms with Gasteiger partial charge in [-0.05, 0) is 49.7 Å². The molecule has 0 saturated carbocycles. The summed E-state index contributed by atoms with van der Waals surface area (Å²) in [6, 6.07) is 11.6. The molecule has 1 aliphatic heterocycles. The molecule has 0 bridgehead atoms. The number of carbonyl (C=O) groups excluding carboxylic acids is 1. The van der Waals surface area contributed by atoms with Crippen molar-refractivity contribution < 1.29 is 13.9 Å². The lowest BCUT2D eigenvalue weighted by molar-refractivity contribution is -0.0704. The van der Waals surface area contributed by atoms with Gasteiger partial charge in [0.1, 0.15) is 5.82 Å². The summed E-state index contributed by atoms with van der Waals surface area (Å²) in [6.45, 7) is 6.79. The van der Waals surface area contributed by atoms with Crippen molar-refractivity contribution in [1.82, 2.24) is 4.90 Å². The Balaban J connectivity index is 1.61. The highest BCUT2D eigenvalue weighted by molar-refractivity contribution is 6.31. The topological polar surface area (TPSA) is 41.6 Å². The summed E-state index contributed by atoms with van der Waals surface area (Å²) in [4.78, 5) is 14.7. The predicted octanol–water partition coefficient (Wildman–Crippen LogP) is 4.34. The van der Waals surface area contributed by atoms with E-state index in [4.69, 9.17) is 16.3 Å². The lowest BCUT2D eigenvalue weighted by Crippen LogP contribution is -2.44. The normalized spacial score (nSPS) is 20.8. The molecule has 1 N–H and O–H groups in total. The zero-order valence-electron chi connectivity index (χ0n) is 14.8. The van der Waals surface area contributed by atoms with Gasteiger partial charge in [-0.3, -0.25) is 9.69 Å². The van der Waals surface area contributed by atoms with Crippen LogP contribution in [-0.2, 0) is 11.3 Å². The van der Waals surface area contributed by atoms with E-state index in [9.17, 15) is 9.18 Å². The molecular weight excluding hydrogens is 355 g/mol. The van der Waals surface area contributed by atoms with Crippen LogP contribution in [0.1, 0.15) is 29.8 Å². The smallest absolute Gasteiger partial charge is 0.255 e. The number of hydrogen-bond acceptors (Lipinski definition) is 3. The van der Waals surface area contributed by atoms with Crippen molar-refractivity contribution in [2.75, 3.05) is 18.4 Å². The molecule has 1 aliphatic rings. The number of benzene rings is 2. The fraction of sp³-hybridized carbons (Fsp3) is 0.350. The van der Waals surface area contributed by atoms with Crippen LogP contribution in [0.5, 0.6) is 0 Å². The molecule has 6 heteroatoms. The molecule has 26 heavy (non-hydrogen) atoms. The van der Waals surface area contributed by atoms with Gasteiger partial charge in [-0.2, -0.15) is 0 Å². The van der Waals surface area contributed by atoms with E-state index in [0.717, 1.165) is 25.2 Å². The molecule has 2 aromatic rings. The summed E-state index contributed by atoms with van der Waals surface area (Å²) in [5.41, 5.74) is 2.15. The molecule has 0 aliphatic carbocycles. The molecule has 2 atom stereocenters. The monoisotopic (exact) mass is 376 g/mol. The molecule has 0 spiro atoms. The van der Waals surface area contributed by atoms with E-state index in [2.05, 4.69) is 24.1 Å². The summed E-state index contributed by atoms with van der Waals surface area (Å²) in [7, 11) is 0. The van der Waals surface area contributed by atoms with E-state index in [1.165, 1.54) is 18.2 Å². The second kappa shape index (κ2) is 8.16. The minimum atomic E-state index is -0.513. The summed E-state index contributed by atoms with van der Waals surface area (Å²) >= 11 is 5.74. The highest BCUT2D eigenvalue weighted by atomic mass is 35.5. The first-order chi connectivity index (χ1) is 12.4. The fourth-order valence-corrected chi connectivity index (χ4v) is 3.39. The van der Waals surface area contributed by atoms with Crippen molar-refractivity contribution >= 4 is 23.2 Å². The van der Waals surface area contributed by atoms with E-state index in [0.29, 0.717) is 11.3 Å². The van der Waals surface area contributed by atoms with Gasteiger partial charge in [-0.1, -0.05) is 23.7 Å². The minimum Gasteiger partial charge on any atom is -0.373 e. The minimum absolute atomic E-state index is 0.0212. The number of hydrogen-bond donors (Lipinski definition) is 1. The third-order valence-corrected chi connectivity index (χ3v) is 4.58. The molecule has 2 unspecified atom stereocenters. The Hall–Kier alpha value is -1.95. The number of morpholine rings is 1. The number of anilines is 1. The van der Waals surface area contributed by atoms with Gasteiger partial charge in [-0.15, -0.1) is 0 Å². The third kappa shape index (κ3) is 4.81. The molecule has 0 aromatic heterocycles. The second-order valence-corrected chi connectivity index (χ2v) is 7.14. The van der Waals surface area contributed by atoms with E-state index in [1.807, 2.05) is 12.1 Å². The number of halogens is 2. The van der Waals surface area contributed by atoms with Crippen LogP contribution in [-0.4, -0.2) is 36.1 Å². The van der Waals surface area contributed by atoms with Gasteiger partial charge in [0.25, 0.3) is 5.91 Å². The quantitative estimate of drug-likeness (QED) is 0.863. The Labute approximate surface area is 157 Å². The third-order valence-electron chi connectivity index (χ3n) is 4.30. The lowest BCUT2D eigenvalue weighted by atomic mass is 10.1. The first kappa shape index (κ1) is 18.8.